The normalized spacial score (nSPS) is 11.8. The summed E-state index contributed by atoms with van der Waals surface area (Å²) in [7, 11) is 0. The first-order chi connectivity index (χ1) is 16.9. The third-order valence-electron chi connectivity index (χ3n) is 5.78. The molecule has 0 radical (unpaired) electrons. The number of halogens is 3. The molecule has 0 saturated carbocycles. The van der Waals surface area contributed by atoms with Crippen molar-refractivity contribution in [1.29, 1.82) is 0 Å². The van der Waals surface area contributed by atoms with E-state index in [-0.39, 0.29) is 25.0 Å². The van der Waals surface area contributed by atoms with Crippen LogP contribution in [0, 0.1) is 0 Å². The summed E-state index contributed by atoms with van der Waals surface area (Å²) < 4.78 is 6.69. The molecule has 0 aromatic heterocycles. The fourth-order valence-electron chi connectivity index (χ4n) is 3.83. The second-order valence-corrected chi connectivity index (χ2v) is 9.79. The maximum absolute atomic E-state index is 13.5. The second-order valence-electron chi connectivity index (χ2n) is 8.18. The Morgan fingerprint density at radius 1 is 1.03 bits per heavy atom. The van der Waals surface area contributed by atoms with Gasteiger partial charge in [-0.05, 0) is 57.7 Å². The molecule has 35 heavy (non-hydrogen) atoms. The van der Waals surface area contributed by atoms with Crippen LogP contribution in [-0.2, 0) is 16.1 Å². The minimum atomic E-state index is -0.685. The Balaban J connectivity index is 1.85. The highest BCUT2D eigenvalue weighted by Gasteiger charge is 2.30. The summed E-state index contributed by atoms with van der Waals surface area (Å²) in [5, 5.41) is 5.86. The van der Waals surface area contributed by atoms with Crippen molar-refractivity contribution in [2.24, 2.45) is 0 Å². The number of carbonyl (C=O) groups excluding carboxylic acids is 2. The quantitative estimate of drug-likeness (QED) is 0.248. The third-order valence-corrected chi connectivity index (χ3v) is 7.31. The summed E-state index contributed by atoms with van der Waals surface area (Å²) in [5.41, 5.74) is 0.593. The molecule has 0 bridgehead atoms. The lowest BCUT2D eigenvalue weighted by Gasteiger charge is -2.31. The third kappa shape index (κ3) is 6.90. The number of amides is 2. The van der Waals surface area contributed by atoms with Crippen molar-refractivity contribution in [2.75, 3.05) is 13.2 Å². The number of fused-ring (bicyclic) bond motifs is 1. The summed E-state index contributed by atoms with van der Waals surface area (Å²) in [5.74, 6) is 0.0103. The van der Waals surface area contributed by atoms with Crippen molar-refractivity contribution >= 4 is 61.7 Å². The van der Waals surface area contributed by atoms with Crippen molar-refractivity contribution in [1.82, 2.24) is 10.2 Å². The van der Waals surface area contributed by atoms with Crippen molar-refractivity contribution in [3.8, 4) is 5.75 Å². The maximum Gasteiger partial charge on any atom is 0.261 e. The Bertz CT molecular complexity index is 1170. The van der Waals surface area contributed by atoms with Crippen LogP contribution < -0.4 is 10.1 Å². The van der Waals surface area contributed by atoms with Gasteiger partial charge in [0.15, 0.2) is 6.61 Å². The van der Waals surface area contributed by atoms with E-state index in [1.165, 1.54) is 4.90 Å². The predicted octanol–water partition coefficient (Wildman–Crippen LogP) is 7.01. The molecular weight excluding hydrogens is 551 g/mol. The van der Waals surface area contributed by atoms with Gasteiger partial charge in [-0.25, -0.2) is 0 Å². The molecule has 1 N–H and O–H groups in total. The van der Waals surface area contributed by atoms with E-state index in [2.05, 4.69) is 28.2 Å². The number of nitrogens with zero attached hydrogens (tertiary/aromatic N) is 1. The van der Waals surface area contributed by atoms with Gasteiger partial charge in [0.2, 0.25) is 5.91 Å². The molecule has 5 nitrogen and oxygen atoms in total. The largest absolute Gasteiger partial charge is 0.483 e. The molecule has 2 amide bonds. The Kier molecular flexibility index (Phi) is 10.3. The first-order valence-electron chi connectivity index (χ1n) is 11.7. The SMILES string of the molecule is CCCCNC(=O)[C@H](CC)N(Cc1c(Cl)cccc1Cl)C(=O)COc1ccc2ccccc2c1Br. The molecule has 186 valence electrons. The van der Waals surface area contributed by atoms with Crippen molar-refractivity contribution in [3.63, 3.8) is 0 Å². The number of hydrogen-bond donors (Lipinski definition) is 1. The fourth-order valence-corrected chi connectivity index (χ4v) is 4.95. The molecule has 1 atom stereocenters. The molecule has 8 heteroatoms. The van der Waals surface area contributed by atoms with Gasteiger partial charge in [-0.3, -0.25) is 9.59 Å². The number of ether oxygens (including phenoxy) is 1. The molecule has 3 aromatic rings. The van der Waals surface area contributed by atoms with Crippen LogP contribution in [0.15, 0.2) is 59.1 Å². The molecule has 0 heterocycles. The van der Waals surface area contributed by atoms with Gasteiger partial charge in [0.1, 0.15) is 11.8 Å². The van der Waals surface area contributed by atoms with E-state index in [1.54, 1.807) is 18.2 Å². The zero-order valence-corrected chi connectivity index (χ0v) is 22.9. The molecule has 0 aliphatic heterocycles. The number of hydrogen-bond acceptors (Lipinski definition) is 3. The van der Waals surface area contributed by atoms with Gasteiger partial charge in [-0.1, -0.05) is 79.9 Å². The van der Waals surface area contributed by atoms with E-state index in [1.807, 2.05) is 43.3 Å². The van der Waals surface area contributed by atoms with E-state index in [0.717, 1.165) is 28.1 Å². The topological polar surface area (TPSA) is 58.6 Å². The molecule has 3 rings (SSSR count). The average Bonchev–Trinajstić information content (AvgIpc) is 2.85. The van der Waals surface area contributed by atoms with Gasteiger partial charge in [0.05, 0.1) is 4.47 Å². The van der Waals surface area contributed by atoms with Crippen LogP contribution >= 0.6 is 39.1 Å². The highest BCUT2D eigenvalue weighted by atomic mass is 79.9. The summed E-state index contributed by atoms with van der Waals surface area (Å²) in [4.78, 5) is 28.0. The fraction of sp³-hybridized carbons (Fsp3) is 0.333. The van der Waals surface area contributed by atoms with E-state index >= 15 is 0 Å². The second kappa shape index (κ2) is 13.1. The van der Waals surface area contributed by atoms with Gasteiger partial charge < -0.3 is 15.0 Å². The summed E-state index contributed by atoms with van der Waals surface area (Å²) in [6.45, 7) is 4.35. The highest BCUT2D eigenvalue weighted by Crippen LogP contribution is 2.33. The lowest BCUT2D eigenvalue weighted by Crippen LogP contribution is -2.50. The van der Waals surface area contributed by atoms with Crippen molar-refractivity contribution in [3.05, 3.63) is 74.7 Å². The minimum Gasteiger partial charge on any atom is -0.483 e. The molecule has 0 saturated heterocycles. The molecule has 3 aromatic carbocycles. The van der Waals surface area contributed by atoms with Crippen LogP contribution in [-0.4, -0.2) is 35.9 Å². The smallest absolute Gasteiger partial charge is 0.261 e. The Morgan fingerprint density at radius 2 is 1.74 bits per heavy atom. The Labute approximate surface area is 224 Å². The first kappa shape index (κ1) is 27.3. The molecule has 0 unspecified atom stereocenters. The van der Waals surface area contributed by atoms with Crippen LogP contribution in [0.25, 0.3) is 10.8 Å². The van der Waals surface area contributed by atoms with Gasteiger partial charge in [-0.2, -0.15) is 0 Å². The van der Waals surface area contributed by atoms with Crippen LogP contribution in [0.3, 0.4) is 0 Å². The number of nitrogens with one attached hydrogen (secondary N) is 1. The number of carbonyl (C=O) groups is 2. The number of rotatable bonds is 11. The lowest BCUT2D eigenvalue weighted by molar-refractivity contribution is -0.143. The molecule has 0 fully saturated rings. The minimum absolute atomic E-state index is 0.0965. The summed E-state index contributed by atoms with van der Waals surface area (Å²) >= 11 is 16.4. The number of unbranched alkanes of at least 4 members (excludes halogenated alkanes) is 1. The summed E-state index contributed by atoms with van der Waals surface area (Å²) in [6.07, 6.45) is 2.26. The maximum atomic E-state index is 13.5. The number of benzene rings is 3. The van der Waals surface area contributed by atoms with Gasteiger partial charge >= 0.3 is 0 Å². The average molecular weight is 580 g/mol. The van der Waals surface area contributed by atoms with Crippen molar-refractivity contribution < 1.29 is 14.3 Å². The van der Waals surface area contributed by atoms with E-state index in [0.29, 0.717) is 34.3 Å². The molecular formula is C27H29BrCl2N2O3. The lowest BCUT2D eigenvalue weighted by atomic mass is 10.1. The highest BCUT2D eigenvalue weighted by molar-refractivity contribution is 9.10. The Morgan fingerprint density at radius 3 is 2.43 bits per heavy atom. The van der Waals surface area contributed by atoms with E-state index in [4.69, 9.17) is 27.9 Å². The zero-order valence-electron chi connectivity index (χ0n) is 19.8. The van der Waals surface area contributed by atoms with Crippen LogP contribution in [0.5, 0.6) is 5.75 Å². The van der Waals surface area contributed by atoms with Gasteiger partial charge in [-0.15, -0.1) is 0 Å². The van der Waals surface area contributed by atoms with Crippen LogP contribution in [0.4, 0.5) is 0 Å². The van der Waals surface area contributed by atoms with Gasteiger partial charge in [0.25, 0.3) is 5.91 Å². The zero-order chi connectivity index (χ0) is 25.4. The Hall–Kier alpha value is -2.28. The van der Waals surface area contributed by atoms with Gasteiger partial charge in [0, 0.05) is 28.7 Å². The van der Waals surface area contributed by atoms with E-state index in [9.17, 15) is 9.59 Å². The summed E-state index contributed by atoms with van der Waals surface area (Å²) in [6, 6.07) is 16.2. The van der Waals surface area contributed by atoms with Crippen molar-refractivity contribution in [2.45, 2.75) is 45.7 Å². The van der Waals surface area contributed by atoms with Crippen LogP contribution in [0.1, 0.15) is 38.7 Å². The van der Waals surface area contributed by atoms with E-state index < -0.39 is 6.04 Å². The standard InChI is InChI=1S/C27H29BrCl2N2O3/c1-3-5-15-31-27(34)23(4-2)32(16-20-21(29)11-8-12-22(20)30)25(33)17-35-24-14-13-18-9-6-7-10-19(18)26(24)28/h6-14,23H,3-5,15-17H2,1-2H3,(H,31,34)/t23-/m0/s1. The van der Waals surface area contributed by atoms with Crippen LogP contribution in [0.2, 0.25) is 10.0 Å². The molecule has 0 aliphatic carbocycles. The molecule has 0 aliphatic rings. The first-order valence-corrected chi connectivity index (χ1v) is 13.2. The predicted molar refractivity (Wildman–Crippen MR) is 146 cm³/mol. The molecule has 0 spiro atoms. The monoisotopic (exact) mass is 578 g/mol.